The Morgan fingerprint density at radius 1 is 1.14 bits per heavy atom. The molecule has 0 aromatic heterocycles. The van der Waals surface area contributed by atoms with Gasteiger partial charge in [-0.15, -0.1) is 6.58 Å². The summed E-state index contributed by atoms with van der Waals surface area (Å²) in [5.74, 6) is 1.59. The Hall–Kier alpha value is -1.59. The van der Waals surface area contributed by atoms with E-state index in [1.54, 1.807) is 0 Å². The van der Waals surface area contributed by atoms with Gasteiger partial charge in [-0.25, -0.2) is 0 Å². The third-order valence-electron chi connectivity index (χ3n) is 4.67. The molecule has 0 spiro atoms. The second kappa shape index (κ2) is 14.4. The minimum Gasteiger partial charge on any atom is -0.494 e. The molecule has 1 aromatic carbocycles. The molecule has 1 aromatic rings. The average molecular weight is 406 g/mol. The van der Waals surface area contributed by atoms with Crippen molar-refractivity contribution in [3.05, 3.63) is 36.9 Å². The molecule has 0 fully saturated rings. The first-order valence-corrected chi connectivity index (χ1v) is 10.9. The quantitative estimate of drug-likeness (QED) is 0.264. The van der Waals surface area contributed by atoms with Crippen LogP contribution in [0.15, 0.2) is 36.9 Å². The normalized spacial score (nSPS) is 10.9. The maximum absolute atomic E-state index is 5.87. The summed E-state index contributed by atoms with van der Waals surface area (Å²) in [4.78, 5) is 4.30. The minimum absolute atomic E-state index is 0.677. The van der Waals surface area contributed by atoms with Crippen LogP contribution in [0.5, 0.6) is 5.75 Å². The van der Waals surface area contributed by atoms with Gasteiger partial charge in [0, 0.05) is 25.8 Å². The highest BCUT2D eigenvalue weighted by Gasteiger charge is 2.07. The van der Waals surface area contributed by atoms with Crippen LogP contribution in [0.1, 0.15) is 46.0 Å². The molecule has 158 valence electrons. The van der Waals surface area contributed by atoms with Crippen molar-refractivity contribution >= 4 is 23.0 Å². The Kier molecular flexibility index (Phi) is 12.6. The highest BCUT2D eigenvalue weighted by Crippen LogP contribution is 2.19. The van der Waals surface area contributed by atoms with Gasteiger partial charge in [-0.3, -0.25) is 0 Å². The fourth-order valence-corrected chi connectivity index (χ4v) is 3.02. The second-order valence-electron chi connectivity index (χ2n) is 7.78. The number of benzene rings is 1. The molecular weight excluding hydrogens is 366 g/mol. The van der Waals surface area contributed by atoms with Crippen molar-refractivity contribution in [2.24, 2.45) is 5.92 Å². The zero-order chi connectivity index (χ0) is 20.8. The van der Waals surface area contributed by atoms with Gasteiger partial charge >= 0.3 is 0 Å². The van der Waals surface area contributed by atoms with Gasteiger partial charge in [0.1, 0.15) is 5.75 Å². The molecule has 0 saturated heterocycles. The Balaban J connectivity index is 2.22. The molecule has 0 unspecified atom stereocenters. The summed E-state index contributed by atoms with van der Waals surface area (Å²) in [5.41, 5.74) is 1.07. The molecule has 0 amide bonds. The Morgan fingerprint density at radius 3 is 2.46 bits per heavy atom. The second-order valence-corrected chi connectivity index (χ2v) is 8.17. The number of rotatable bonds is 14. The summed E-state index contributed by atoms with van der Waals surface area (Å²) in [5, 5.41) is 4.08. The van der Waals surface area contributed by atoms with Gasteiger partial charge in [0.25, 0.3) is 0 Å². The molecule has 5 heteroatoms. The predicted molar refractivity (Wildman–Crippen MR) is 127 cm³/mol. The van der Waals surface area contributed by atoms with Crippen molar-refractivity contribution in [3.63, 3.8) is 0 Å². The standard InChI is InChI=1S/C23H39N3OS/c1-6-17-25(4)18-9-7-8-10-19-27-22-13-11-21(12-14-22)26(5)23(28)24-16-15-20(2)3/h6,11-14,20H,1,7-10,15-19H2,2-5H3,(H,24,28). The van der Waals surface area contributed by atoms with Gasteiger partial charge < -0.3 is 19.9 Å². The van der Waals surface area contributed by atoms with Gasteiger partial charge in [0.05, 0.1) is 6.61 Å². The third kappa shape index (κ3) is 10.7. The monoisotopic (exact) mass is 405 g/mol. The highest BCUT2D eigenvalue weighted by molar-refractivity contribution is 7.80. The molecule has 0 aliphatic carbocycles. The van der Waals surface area contributed by atoms with Crippen LogP contribution in [0.3, 0.4) is 0 Å². The fourth-order valence-electron chi connectivity index (χ4n) is 2.81. The molecule has 0 bridgehead atoms. The molecule has 0 atom stereocenters. The summed E-state index contributed by atoms with van der Waals surface area (Å²) >= 11 is 5.47. The number of nitrogens with zero attached hydrogens (tertiary/aromatic N) is 2. The number of anilines is 1. The van der Waals surface area contributed by atoms with Crippen LogP contribution < -0.4 is 15.0 Å². The van der Waals surface area contributed by atoms with Crippen molar-refractivity contribution in [2.45, 2.75) is 46.0 Å². The molecule has 1 N–H and O–H groups in total. The fraction of sp³-hybridized carbons (Fsp3) is 0.609. The van der Waals surface area contributed by atoms with E-state index in [1.165, 1.54) is 19.3 Å². The maximum atomic E-state index is 5.87. The summed E-state index contributed by atoms with van der Waals surface area (Å²) < 4.78 is 5.87. The van der Waals surface area contributed by atoms with Crippen molar-refractivity contribution in [3.8, 4) is 5.75 Å². The van der Waals surface area contributed by atoms with Crippen LogP contribution in [0, 0.1) is 5.92 Å². The smallest absolute Gasteiger partial charge is 0.173 e. The van der Waals surface area contributed by atoms with Crippen molar-refractivity contribution < 1.29 is 4.74 Å². The van der Waals surface area contributed by atoms with E-state index in [0.29, 0.717) is 5.92 Å². The summed E-state index contributed by atoms with van der Waals surface area (Å²) in [6.07, 6.45) is 7.85. The van der Waals surface area contributed by atoms with Gasteiger partial charge in [0.15, 0.2) is 5.11 Å². The lowest BCUT2D eigenvalue weighted by molar-refractivity contribution is 0.300. The molecule has 4 nitrogen and oxygen atoms in total. The van der Waals surface area contributed by atoms with Crippen LogP contribution >= 0.6 is 12.2 Å². The van der Waals surface area contributed by atoms with E-state index in [9.17, 15) is 0 Å². The third-order valence-corrected chi connectivity index (χ3v) is 5.09. The van der Waals surface area contributed by atoms with E-state index in [1.807, 2.05) is 30.2 Å². The number of nitrogens with one attached hydrogen (secondary N) is 1. The molecule has 0 heterocycles. The van der Waals surface area contributed by atoms with Crippen LogP contribution in [0.25, 0.3) is 0 Å². The molecular formula is C23H39N3OS. The van der Waals surface area contributed by atoms with E-state index in [4.69, 9.17) is 17.0 Å². The minimum atomic E-state index is 0.677. The predicted octanol–water partition coefficient (Wildman–Crippen LogP) is 5.10. The Bertz CT molecular complexity index is 559. The van der Waals surface area contributed by atoms with Gasteiger partial charge in [-0.1, -0.05) is 32.8 Å². The zero-order valence-corrected chi connectivity index (χ0v) is 19.1. The number of hydrogen-bond acceptors (Lipinski definition) is 3. The first-order valence-electron chi connectivity index (χ1n) is 10.5. The maximum Gasteiger partial charge on any atom is 0.173 e. The first kappa shape index (κ1) is 24.4. The topological polar surface area (TPSA) is 27.7 Å². The number of hydrogen-bond donors (Lipinski definition) is 1. The first-order chi connectivity index (χ1) is 13.4. The molecule has 0 aliphatic rings. The Labute approximate surface area is 177 Å². The van der Waals surface area contributed by atoms with E-state index in [-0.39, 0.29) is 0 Å². The highest BCUT2D eigenvalue weighted by atomic mass is 32.1. The Morgan fingerprint density at radius 2 is 1.82 bits per heavy atom. The number of likely N-dealkylation sites (N-methyl/N-ethyl adjacent to an activating group) is 1. The molecule has 0 saturated carbocycles. The lowest BCUT2D eigenvalue weighted by atomic mass is 10.1. The van der Waals surface area contributed by atoms with E-state index < -0.39 is 0 Å². The number of unbranched alkanes of at least 4 members (excludes halogenated alkanes) is 3. The average Bonchev–Trinajstić information content (AvgIpc) is 2.67. The molecule has 1 rings (SSSR count). The molecule has 0 aliphatic heterocycles. The van der Waals surface area contributed by atoms with Crippen LogP contribution in [0.2, 0.25) is 0 Å². The number of ether oxygens (including phenoxy) is 1. The van der Waals surface area contributed by atoms with Crippen LogP contribution in [0.4, 0.5) is 5.69 Å². The summed E-state index contributed by atoms with van der Waals surface area (Å²) in [7, 11) is 4.13. The molecule has 0 radical (unpaired) electrons. The number of thiocarbonyl (C=S) groups is 1. The lowest BCUT2D eigenvalue weighted by Crippen LogP contribution is -2.37. The summed E-state index contributed by atoms with van der Waals surface area (Å²) in [6.45, 7) is 12.0. The van der Waals surface area contributed by atoms with Crippen LogP contribution in [-0.4, -0.2) is 50.3 Å². The van der Waals surface area contributed by atoms with Crippen molar-refractivity contribution in [2.75, 3.05) is 45.2 Å². The lowest BCUT2D eigenvalue weighted by Gasteiger charge is -2.21. The van der Waals surface area contributed by atoms with Gasteiger partial charge in [-0.05, 0) is 75.3 Å². The van der Waals surface area contributed by atoms with Gasteiger partial charge in [-0.2, -0.15) is 0 Å². The van der Waals surface area contributed by atoms with Crippen molar-refractivity contribution in [1.29, 1.82) is 0 Å². The van der Waals surface area contributed by atoms with Gasteiger partial charge in [0.2, 0.25) is 0 Å². The largest absolute Gasteiger partial charge is 0.494 e. The van der Waals surface area contributed by atoms with Crippen molar-refractivity contribution in [1.82, 2.24) is 10.2 Å². The molecule has 28 heavy (non-hydrogen) atoms. The van der Waals surface area contributed by atoms with E-state index in [0.717, 1.165) is 55.6 Å². The van der Waals surface area contributed by atoms with Crippen LogP contribution in [-0.2, 0) is 0 Å². The zero-order valence-electron chi connectivity index (χ0n) is 18.2. The summed E-state index contributed by atoms with van der Waals surface area (Å²) in [6, 6.07) is 8.15. The van der Waals surface area contributed by atoms with E-state index in [2.05, 4.69) is 49.8 Å². The van der Waals surface area contributed by atoms with E-state index >= 15 is 0 Å². The SMILES string of the molecule is C=CCN(C)CCCCCCOc1ccc(N(C)C(=S)NCCC(C)C)cc1.